The molecule has 0 aliphatic heterocycles. The van der Waals surface area contributed by atoms with Crippen molar-refractivity contribution in [2.75, 3.05) is 0 Å². The van der Waals surface area contributed by atoms with Crippen LogP contribution in [0.5, 0.6) is 11.5 Å². The first-order valence-corrected chi connectivity index (χ1v) is 7.33. The largest absolute Gasteiger partial charge is 0.456 e. The van der Waals surface area contributed by atoms with Crippen molar-refractivity contribution in [3.63, 3.8) is 0 Å². The predicted molar refractivity (Wildman–Crippen MR) is 74.1 cm³/mol. The van der Waals surface area contributed by atoms with Crippen molar-refractivity contribution in [1.82, 2.24) is 0 Å². The van der Waals surface area contributed by atoms with Crippen molar-refractivity contribution in [2.24, 2.45) is 5.14 Å². The standard InChI is InChI=1S/C13H9ClN2O3S/c14-12-2-1-3-13(11(12)8-15)19-9-4-6-10(7-5-9)20(16,17)18/h1-7H,(H2,16,17,18). The minimum absolute atomic E-state index is 0.0172. The Morgan fingerprint density at radius 3 is 2.35 bits per heavy atom. The van der Waals surface area contributed by atoms with Gasteiger partial charge in [0.25, 0.3) is 0 Å². The van der Waals surface area contributed by atoms with E-state index in [9.17, 15) is 8.42 Å². The normalized spacial score (nSPS) is 10.8. The zero-order valence-corrected chi connectivity index (χ0v) is 11.6. The van der Waals surface area contributed by atoms with Crippen LogP contribution in [0.15, 0.2) is 47.4 Å². The van der Waals surface area contributed by atoms with Gasteiger partial charge in [-0.05, 0) is 36.4 Å². The Morgan fingerprint density at radius 2 is 1.80 bits per heavy atom. The molecule has 2 rings (SSSR count). The van der Waals surface area contributed by atoms with Gasteiger partial charge in [-0.1, -0.05) is 17.7 Å². The summed E-state index contributed by atoms with van der Waals surface area (Å²) in [6.45, 7) is 0. The molecule has 102 valence electrons. The highest BCUT2D eigenvalue weighted by atomic mass is 35.5. The zero-order valence-electron chi connectivity index (χ0n) is 10.1. The van der Waals surface area contributed by atoms with Crippen molar-refractivity contribution in [3.8, 4) is 17.6 Å². The molecule has 0 amide bonds. The van der Waals surface area contributed by atoms with Crippen molar-refractivity contribution in [1.29, 1.82) is 5.26 Å². The summed E-state index contributed by atoms with van der Waals surface area (Å²) in [5.41, 5.74) is 0.213. The SMILES string of the molecule is N#Cc1c(Cl)cccc1Oc1ccc(S(N)(=O)=O)cc1. The number of sulfonamides is 1. The summed E-state index contributed by atoms with van der Waals surface area (Å²) in [5, 5.41) is 14.3. The van der Waals surface area contributed by atoms with Gasteiger partial charge in [0.15, 0.2) is 0 Å². The fraction of sp³-hybridized carbons (Fsp3) is 0. The molecule has 0 saturated carbocycles. The van der Waals surface area contributed by atoms with E-state index < -0.39 is 10.0 Å². The lowest BCUT2D eigenvalue weighted by atomic mass is 10.2. The summed E-state index contributed by atoms with van der Waals surface area (Å²) < 4.78 is 27.8. The van der Waals surface area contributed by atoms with E-state index >= 15 is 0 Å². The molecule has 0 aromatic heterocycles. The summed E-state index contributed by atoms with van der Waals surface area (Å²) in [7, 11) is -3.74. The average Bonchev–Trinajstić information content (AvgIpc) is 2.38. The highest BCUT2D eigenvalue weighted by Gasteiger charge is 2.10. The molecule has 0 radical (unpaired) electrons. The van der Waals surface area contributed by atoms with Crippen LogP contribution in [0.4, 0.5) is 0 Å². The number of hydrogen-bond donors (Lipinski definition) is 1. The molecule has 2 aromatic carbocycles. The topological polar surface area (TPSA) is 93.2 Å². The van der Waals surface area contributed by atoms with Crippen LogP contribution in [-0.4, -0.2) is 8.42 Å². The molecule has 0 bridgehead atoms. The van der Waals surface area contributed by atoms with Gasteiger partial charge in [-0.25, -0.2) is 13.6 Å². The fourth-order valence-corrected chi connectivity index (χ4v) is 2.25. The van der Waals surface area contributed by atoms with Crippen molar-refractivity contribution in [3.05, 3.63) is 53.1 Å². The average molecular weight is 309 g/mol. The van der Waals surface area contributed by atoms with E-state index in [1.807, 2.05) is 6.07 Å². The predicted octanol–water partition coefficient (Wildman–Crippen LogP) is 2.65. The third-order valence-corrected chi connectivity index (χ3v) is 3.71. The first kappa shape index (κ1) is 14.3. The summed E-state index contributed by atoms with van der Waals surface area (Å²) in [6.07, 6.45) is 0. The lowest BCUT2D eigenvalue weighted by Gasteiger charge is -2.08. The Morgan fingerprint density at radius 1 is 1.15 bits per heavy atom. The van der Waals surface area contributed by atoms with Gasteiger partial charge in [0.2, 0.25) is 10.0 Å². The second-order valence-corrected chi connectivity index (χ2v) is 5.81. The summed E-state index contributed by atoms with van der Waals surface area (Å²) in [4.78, 5) is -0.0172. The van der Waals surface area contributed by atoms with Crippen molar-refractivity contribution >= 4 is 21.6 Å². The van der Waals surface area contributed by atoms with Gasteiger partial charge in [-0.2, -0.15) is 5.26 Å². The van der Waals surface area contributed by atoms with E-state index in [-0.39, 0.29) is 15.5 Å². The molecule has 2 aromatic rings. The lowest BCUT2D eigenvalue weighted by molar-refractivity contribution is 0.480. The molecule has 2 N–H and O–H groups in total. The molecule has 0 heterocycles. The van der Waals surface area contributed by atoms with Crippen LogP contribution >= 0.6 is 11.6 Å². The molecular weight excluding hydrogens is 300 g/mol. The summed E-state index contributed by atoms with van der Waals surface area (Å²) >= 11 is 5.88. The Balaban J connectivity index is 2.32. The third-order valence-electron chi connectivity index (χ3n) is 2.47. The number of nitrogens with two attached hydrogens (primary N) is 1. The van der Waals surface area contributed by atoms with Crippen LogP contribution in [-0.2, 0) is 10.0 Å². The number of halogens is 1. The molecule has 0 aliphatic rings. The van der Waals surface area contributed by atoms with Gasteiger partial charge in [0, 0.05) is 0 Å². The van der Waals surface area contributed by atoms with E-state index in [1.165, 1.54) is 24.3 Å². The van der Waals surface area contributed by atoms with Crippen molar-refractivity contribution in [2.45, 2.75) is 4.90 Å². The smallest absolute Gasteiger partial charge is 0.238 e. The van der Waals surface area contributed by atoms with Crippen LogP contribution in [0, 0.1) is 11.3 Å². The van der Waals surface area contributed by atoms with Crippen LogP contribution in [0.3, 0.4) is 0 Å². The van der Waals surface area contributed by atoms with E-state index in [2.05, 4.69) is 0 Å². The molecule has 0 fully saturated rings. The first-order valence-electron chi connectivity index (χ1n) is 5.41. The third kappa shape index (κ3) is 3.08. The van der Waals surface area contributed by atoms with Gasteiger partial charge in [-0.15, -0.1) is 0 Å². The molecule has 0 unspecified atom stereocenters. The molecule has 20 heavy (non-hydrogen) atoms. The maximum Gasteiger partial charge on any atom is 0.238 e. The summed E-state index contributed by atoms with van der Waals surface area (Å²) in [6, 6.07) is 12.3. The number of ether oxygens (including phenoxy) is 1. The number of benzene rings is 2. The molecule has 0 saturated heterocycles. The van der Waals surface area contributed by atoms with Gasteiger partial charge in [0.05, 0.1) is 9.92 Å². The van der Waals surface area contributed by atoms with Crippen LogP contribution in [0.25, 0.3) is 0 Å². The molecule has 0 aliphatic carbocycles. The van der Waals surface area contributed by atoms with Gasteiger partial charge >= 0.3 is 0 Å². The Bertz CT molecular complexity index is 780. The number of hydrogen-bond acceptors (Lipinski definition) is 4. The second kappa shape index (κ2) is 5.51. The van der Waals surface area contributed by atoms with E-state index in [1.54, 1.807) is 18.2 Å². The zero-order chi connectivity index (χ0) is 14.8. The monoisotopic (exact) mass is 308 g/mol. The van der Waals surface area contributed by atoms with Crippen LogP contribution in [0.2, 0.25) is 5.02 Å². The van der Waals surface area contributed by atoms with Gasteiger partial charge in [-0.3, -0.25) is 0 Å². The van der Waals surface area contributed by atoms with Crippen molar-refractivity contribution < 1.29 is 13.2 Å². The Hall–Kier alpha value is -2.07. The summed E-state index contributed by atoms with van der Waals surface area (Å²) in [5.74, 6) is 0.666. The number of nitrogens with zero attached hydrogens (tertiary/aromatic N) is 1. The van der Waals surface area contributed by atoms with Crippen LogP contribution < -0.4 is 9.88 Å². The van der Waals surface area contributed by atoms with E-state index in [4.69, 9.17) is 26.7 Å². The Labute approximate surface area is 121 Å². The van der Waals surface area contributed by atoms with E-state index in [0.29, 0.717) is 11.5 Å². The number of nitriles is 1. The minimum atomic E-state index is -3.74. The quantitative estimate of drug-likeness (QED) is 0.943. The highest BCUT2D eigenvalue weighted by Crippen LogP contribution is 2.30. The van der Waals surface area contributed by atoms with E-state index in [0.717, 1.165) is 0 Å². The first-order chi connectivity index (χ1) is 9.41. The van der Waals surface area contributed by atoms with Crippen LogP contribution in [0.1, 0.15) is 5.56 Å². The fourth-order valence-electron chi connectivity index (χ4n) is 1.52. The maximum atomic E-state index is 11.1. The highest BCUT2D eigenvalue weighted by molar-refractivity contribution is 7.89. The molecule has 0 spiro atoms. The molecule has 5 nitrogen and oxygen atoms in total. The van der Waals surface area contributed by atoms with Gasteiger partial charge < -0.3 is 4.74 Å². The number of primary sulfonamides is 1. The Kier molecular flexibility index (Phi) is 3.95. The molecular formula is C13H9ClN2O3S. The minimum Gasteiger partial charge on any atom is -0.456 e. The lowest BCUT2D eigenvalue weighted by Crippen LogP contribution is -2.11. The number of rotatable bonds is 3. The van der Waals surface area contributed by atoms with Gasteiger partial charge in [0.1, 0.15) is 23.1 Å². The second-order valence-electron chi connectivity index (χ2n) is 3.84. The molecule has 7 heteroatoms. The molecule has 0 atom stereocenters. The maximum absolute atomic E-state index is 11.1.